The Bertz CT molecular complexity index is 698. The minimum Gasteiger partial charge on any atom is -0.390 e. The van der Waals surface area contributed by atoms with E-state index >= 15 is 0 Å². The van der Waals surface area contributed by atoms with Crippen molar-refractivity contribution in [3.63, 3.8) is 0 Å². The van der Waals surface area contributed by atoms with E-state index in [1.165, 1.54) is 0 Å². The highest BCUT2D eigenvalue weighted by atomic mass is 16.3. The second-order valence-electron chi connectivity index (χ2n) is 6.20. The van der Waals surface area contributed by atoms with E-state index < -0.39 is 12.2 Å². The molecule has 6 nitrogen and oxygen atoms in total. The number of aliphatic hydroxyl groups excluding tert-OH is 2. The van der Waals surface area contributed by atoms with Gasteiger partial charge in [0.1, 0.15) is 11.6 Å². The molecule has 0 bridgehead atoms. The van der Waals surface area contributed by atoms with Crippen LogP contribution in [0.1, 0.15) is 25.1 Å². The third-order valence-electron chi connectivity index (χ3n) is 4.81. The molecular weight excluding hydrogens is 268 g/mol. The monoisotopic (exact) mass is 288 g/mol. The van der Waals surface area contributed by atoms with Gasteiger partial charge in [-0.05, 0) is 38.2 Å². The van der Waals surface area contributed by atoms with Gasteiger partial charge in [0.15, 0.2) is 5.65 Å². The maximum Gasteiger partial charge on any atom is 0.162 e. The van der Waals surface area contributed by atoms with Crippen LogP contribution in [0.5, 0.6) is 0 Å². The Morgan fingerprint density at radius 3 is 2.81 bits per heavy atom. The summed E-state index contributed by atoms with van der Waals surface area (Å²) in [6, 6.07) is 1.88. The Kier molecular flexibility index (Phi) is 2.74. The predicted molar refractivity (Wildman–Crippen MR) is 79.1 cm³/mol. The third-order valence-corrected chi connectivity index (χ3v) is 4.81. The Hall–Kier alpha value is -1.66. The van der Waals surface area contributed by atoms with Crippen LogP contribution in [0.4, 0.5) is 5.69 Å². The first kappa shape index (κ1) is 13.0. The van der Waals surface area contributed by atoms with Crippen molar-refractivity contribution in [3.8, 4) is 0 Å². The van der Waals surface area contributed by atoms with Crippen LogP contribution in [0.2, 0.25) is 0 Å². The molecule has 2 fully saturated rings. The maximum atomic E-state index is 10.3. The van der Waals surface area contributed by atoms with Gasteiger partial charge in [-0.3, -0.25) is 0 Å². The molecule has 0 unspecified atom stereocenters. The number of nitrogens with one attached hydrogen (secondary N) is 1. The van der Waals surface area contributed by atoms with Gasteiger partial charge in [-0.25, -0.2) is 9.97 Å². The van der Waals surface area contributed by atoms with E-state index in [1.54, 1.807) is 6.33 Å². The maximum absolute atomic E-state index is 10.3. The third kappa shape index (κ3) is 1.79. The molecule has 112 valence electrons. The van der Waals surface area contributed by atoms with Gasteiger partial charge >= 0.3 is 0 Å². The number of aliphatic hydroxyl groups is 2. The number of imidazole rings is 1. The average Bonchev–Trinajstić information content (AvgIpc) is 3.05. The molecule has 6 heteroatoms. The number of rotatable bonds is 3. The van der Waals surface area contributed by atoms with E-state index in [0.717, 1.165) is 35.5 Å². The van der Waals surface area contributed by atoms with Crippen molar-refractivity contribution < 1.29 is 10.2 Å². The fourth-order valence-electron chi connectivity index (χ4n) is 3.78. The Balaban J connectivity index is 1.83. The van der Waals surface area contributed by atoms with E-state index in [-0.39, 0.29) is 12.0 Å². The summed E-state index contributed by atoms with van der Waals surface area (Å²) >= 11 is 0. The van der Waals surface area contributed by atoms with E-state index in [2.05, 4.69) is 15.3 Å². The summed E-state index contributed by atoms with van der Waals surface area (Å²) in [6.45, 7) is 4.82. The minimum atomic E-state index is -0.726. The number of hydrogen-bond acceptors (Lipinski definition) is 5. The largest absolute Gasteiger partial charge is 0.390 e. The van der Waals surface area contributed by atoms with Crippen LogP contribution in [-0.2, 0) is 0 Å². The van der Waals surface area contributed by atoms with Gasteiger partial charge in [-0.2, -0.15) is 0 Å². The fourth-order valence-corrected chi connectivity index (χ4v) is 3.78. The van der Waals surface area contributed by atoms with E-state index in [4.69, 9.17) is 0 Å². The average molecular weight is 288 g/mol. The molecule has 2 aromatic rings. The van der Waals surface area contributed by atoms with E-state index in [9.17, 15) is 10.2 Å². The van der Waals surface area contributed by atoms with Crippen LogP contribution in [-0.4, -0.2) is 43.5 Å². The smallest absolute Gasteiger partial charge is 0.162 e. The number of pyridine rings is 1. The van der Waals surface area contributed by atoms with Crippen molar-refractivity contribution in [2.45, 2.75) is 38.5 Å². The summed E-state index contributed by atoms with van der Waals surface area (Å²) in [5.74, 6) is 0.581. The molecule has 0 saturated heterocycles. The van der Waals surface area contributed by atoms with Gasteiger partial charge in [-0.1, -0.05) is 0 Å². The minimum absolute atomic E-state index is 0.112. The number of aromatic nitrogens is 3. The van der Waals surface area contributed by atoms with E-state index in [0.29, 0.717) is 5.92 Å². The Labute approximate surface area is 122 Å². The van der Waals surface area contributed by atoms with Crippen molar-refractivity contribution in [3.05, 3.63) is 18.1 Å². The summed E-state index contributed by atoms with van der Waals surface area (Å²) in [5, 5.41) is 23.6. The second kappa shape index (κ2) is 4.42. The SMILES string of the molecule is CCNc1cc(C)nc2c1ncn2[C@H]1[C@H](O)[C@H](O)[C@@H]2C[C@@H]21. The molecule has 21 heavy (non-hydrogen) atoms. The first-order valence-corrected chi connectivity index (χ1v) is 7.56. The lowest BCUT2D eigenvalue weighted by Crippen LogP contribution is -2.31. The van der Waals surface area contributed by atoms with Crippen molar-refractivity contribution in [2.24, 2.45) is 11.8 Å². The summed E-state index contributed by atoms with van der Waals surface area (Å²) < 4.78 is 1.95. The zero-order valence-corrected chi connectivity index (χ0v) is 12.2. The van der Waals surface area contributed by atoms with Crippen LogP contribution in [0.3, 0.4) is 0 Å². The Morgan fingerprint density at radius 1 is 1.33 bits per heavy atom. The lowest BCUT2D eigenvalue weighted by atomic mass is 10.1. The van der Waals surface area contributed by atoms with E-state index in [1.807, 2.05) is 24.5 Å². The number of fused-ring (bicyclic) bond motifs is 2. The molecule has 3 N–H and O–H groups in total. The van der Waals surface area contributed by atoms with Crippen LogP contribution in [0, 0.1) is 18.8 Å². The van der Waals surface area contributed by atoms with Crippen molar-refractivity contribution >= 4 is 16.9 Å². The summed E-state index contributed by atoms with van der Waals surface area (Å²) in [7, 11) is 0. The molecule has 5 atom stereocenters. The number of aryl methyl sites for hydroxylation is 1. The molecule has 4 rings (SSSR count). The standard InChI is InChI=1S/C15H20N4O2/c1-3-16-10-4-7(2)18-15-11(10)17-6-19(15)12-8-5-9(8)13(20)14(12)21/h4,6,8-9,12-14,20-21H,3,5H2,1-2H3,(H,16,18)/t8-,9+,12+,13+,14-/m0/s1. The van der Waals surface area contributed by atoms with Crippen LogP contribution >= 0.6 is 0 Å². The topological polar surface area (TPSA) is 83.2 Å². The molecule has 0 aromatic carbocycles. The molecule has 0 spiro atoms. The zero-order chi connectivity index (χ0) is 14.7. The highest BCUT2D eigenvalue weighted by Gasteiger charge is 2.60. The fraction of sp³-hybridized carbons (Fsp3) is 0.600. The lowest BCUT2D eigenvalue weighted by Gasteiger charge is -2.22. The molecule has 2 aliphatic carbocycles. The van der Waals surface area contributed by atoms with Gasteiger partial charge < -0.3 is 20.1 Å². The van der Waals surface area contributed by atoms with Crippen LogP contribution in [0.15, 0.2) is 12.4 Å². The van der Waals surface area contributed by atoms with Gasteiger partial charge in [0.05, 0.1) is 24.2 Å². The zero-order valence-electron chi connectivity index (χ0n) is 12.2. The highest BCUT2D eigenvalue weighted by molar-refractivity contribution is 5.86. The number of hydrogen-bond donors (Lipinski definition) is 3. The highest BCUT2D eigenvalue weighted by Crippen LogP contribution is 2.57. The van der Waals surface area contributed by atoms with Crippen molar-refractivity contribution in [1.29, 1.82) is 0 Å². The van der Waals surface area contributed by atoms with Crippen LogP contribution in [0.25, 0.3) is 11.2 Å². The number of anilines is 1. The predicted octanol–water partition coefficient (Wildman–Crippen LogP) is 1.08. The molecule has 2 heterocycles. The number of nitrogens with zero attached hydrogens (tertiary/aromatic N) is 3. The molecule has 2 aromatic heterocycles. The van der Waals surface area contributed by atoms with Gasteiger partial charge in [0.2, 0.25) is 0 Å². The first-order valence-electron chi connectivity index (χ1n) is 7.56. The quantitative estimate of drug-likeness (QED) is 0.787. The molecule has 0 amide bonds. The molecule has 2 aliphatic rings. The molecule has 0 aliphatic heterocycles. The summed E-state index contributed by atoms with van der Waals surface area (Å²) in [4.78, 5) is 9.08. The van der Waals surface area contributed by atoms with Gasteiger partial charge in [0.25, 0.3) is 0 Å². The van der Waals surface area contributed by atoms with Crippen molar-refractivity contribution in [1.82, 2.24) is 14.5 Å². The molecule has 2 saturated carbocycles. The molecular formula is C15H20N4O2. The first-order chi connectivity index (χ1) is 10.1. The van der Waals surface area contributed by atoms with Crippen molar-refractivity contribution in [2.75, 3.05) is 11.9 Å². The Morgan fingerprint density at radius 2 is 2.14 bits per heavy atom. The summed E-state index contributed by atoms with van der Waals surface area (Å²) in [6.07, 6.45) is 1.39. The summed E-state index contributed by atoms with van der Waals surface area (Å²) in [5.41, 5.74) is 3.50. The lowest BCUT2D eigenvalue weighted by molar-refractivity contribution is 0.00386. The normalized spacial score (nSPS) is 34.2. The van der Waals surface area contributed by atoms with Gasteiger partial charge in [0, 0.05) is 12.2 Å². The van der Waals surface area contributed by atoms with Crippen LogP contribution < -0.4 is 5.32 Å². The molecule has 0 radical (unpaired) electrons. The second-order valence-corrected chi connectivity index (χ2v) is 6.20. The van der Waals surface area contributed by atoms with Gasteiger partial charge in [-0.15, -0.1) is 0 Å².